The lowest BCUT2D eigenvalue weighted by Gasteiger charge is -2.16. The molecule has 0 bridgehead atoms. The second kappa shape index (κ2) is 6.64. The molecule has 0 aromatic rings. The van der Waals surface area contributed by atoms with Crippen LogP contribution in [0.5, 0.6) is 0 Å². The van der Waals surface area contributed by atoms with Crippen LogP contribution >= 0.6 is 15.9 Å². The number of halogens is 1. The van der Waals surface area contributed by atoms with E-state index in [4.69, 9.17) is 0 Å². The third-order valence-electron chi connectivity index (χ3n) is 2.39. The van der Waals surface area contributed by atoms with Gasteiger partial charge in [-0.05, 0) is 25.2 Å². The molecule has 2 heteroatoms. The van der Waals surface area contributed by atoms with E-state index in [9.17, 15) is 0 Å². The fourth-order valence-corrected chi connectivity index (χ4v) is 1.91. The molecule has 1 fully saturated rings. The predicted octanol–water partition coefficient (Wildman–Crippen LogP) is 3.42. The second-order valence-electron chi connectivity index (χ2n) is 3.50. The van der Waals surface area contributed by atoms with Gasteiger partial charge in [0.15, 0.2) is 0 Å². The van der Waals surface area contributed by atoms with E-state index in [1.807, 2.05) is 0 Å². The van der Waals surface area contributed by atoms with Gasteiger partial charge in [-0.3, -0.25) is 4.99 Å². The van der Waals surface area contributed by atoms with Crippen LogP contribution in [-0.2, 0) is 0 Å². The van der Waals surface area contributed by atoms with Crippen molar-refractivity contribution < 1.29 is 0 Å². The molecule has 0 N–H and O–H groups in total. The number of hydrogen-bond acceptors (Lipinski definition) is 1. The van der Waals surface area contributed by atoms with Gasteiger partial charge in [-0.15, -0.1) is 0 Å². The van der Waals surface area contributed by atoms with Crippen molar-refractivity contribution in [3.05, 3.63) is 0 Å². The molecule has 0 saturated heterocycles. The van der Waals surface area contributed by atoms with Gasteiger partial charge in [-0.1, -0.05) is 35.2 Å². The maximum Gasteiger partial charge on any atom is 0.0393 e. The van der Waals surface area contributed by atoms with Crippen molar-refractivity contribution in [1.82, 2.24) is 0 Å². The molecule has 1 nitrogen and oxygen atoms in total. The average molecular weight is 232 g/mol. The largest absolute Gasteiger partial charge is 0.297 e. The predicted molar refractivity (Wildman–Crippen MR) is 58.3 cm³/mol. The summed E-state index contributed by atoms with van der Waals surface area (Å²) >= 11 is 3.40. The maximum absolute atomic E-state index is 4.43. The van der Waals surface area contributed by atoms with E-state index >= 15 is 0 Å². The average Bonchev–Trinajstić information content (AvgIpc) is 2.14. The lowest BCUT2D eigenvalue weighted by molar-refractivity contribution is 0.444. The Morgan fingerprint density at radius 1 is 1.25 bits per heavy atom. The standard InChI is InChI=1S/C10H18BrN/c11-7-4-8-12-9-10-5-2-1-3-6-10/h9-10H,1-8H2. The number of alkyl halides is 1. The lowest BCUT2D eigenvalue weighted by atomic mass is 9.90. The van der Waals surface area contributed by atoms with Crippen LogP contribution < -0.4 is 0 Å². The number of rotatable bonds is 4. The molecule has 0 atom stereocenters. The molecule has 1 aliphatic rings. The normalized spacial score (nSPS) is 20.4. The Kier molecular flexibility index (Phi) is 5.66. The van der Waals surface area contributed by atoms with E-state index in [-0.39, 0.29) is 0 Å². The van der Waals surface area contributed by atoms with E-state index in [2.05, 4.69) is 27.1 Å². The summed E-state index contributed by atoms with van der Waals surface area (Å²) in [5.74, 6) is 0.800. The summed E-state index contributed by atoms with van der Waals surface area (Å²) < 4.78 is 0. The summed E-state index contributed by atoms with van der Waals surface area (Å²) in [6.07, 6.45) is 10.4. The molecule has 1 saturated carbocycles. The molecule has 1 rings (SSSR count). The first-order valence-electron chi connectivity index (χ1n) is 4.99. The third-order valence-corrected chi connectivity index (χ3v) is 2.95. The summed E-state index contributed by atoms with van der Waals surface area (Å²) in [5, 5.41) is 1.08. The van der Waals surface area contributed by atoms with E-state index in [1.54, 1.807) is 0 Å². The molecule has 0 amide bonds. The SMILES string of the molecule is BrCCCN=CC1CCCCC1. The zero-order chi connectivity index (χ0) is 8.65. The highest BCUT2D eigenvalue weighted by molar-refractivity contribution is 9.09. The molecule has 12 heavy (non-hydrogen) atoms. The Balaban J connectivity index is 2.07. The zero-order valence-corrected chi connectivity index (χ0v) is 9.22. The first-order chi connectivity index (χ1) is 5.93. The minimum atomic E-state index is 0.800. The molecule has 0 aromatic carbocycles. The number of hydrogen-bond donors (Lipinski definition) is 0. The van der Waals surface area contributed by atoms with Gasteiger partial charge >= 0.3 is 0 Å². The Morgan fingerprint density at radius 2 is 2.00 bits per heavy atom. The van der Waals surface area contributed by atoms with E-state index < -0.39 is 0 Å². The second-order valence-corrected chi connectivity index (χ2v) is 4.29. The zero-order valence-electron chi connectivity index (χ0n) is 7.64. The van der Waals surface area contributed by atoms with E-state index in [1.165, 1.54) is 38.5 Å². The monoisotopic (exact) mass is 231 g/mol. The Labute approximate surface area is 83.8 Å². The minimum absolute atomic E-state index is 0.800. The molecule has 0 unspecified atom stereocenters. The molecule has 0 aliphatic heterocycles. The van der Waals surface area contributed by atoms with Gasteiger partial charge in [0.1, 0.15) is 0 Å². The fraction of sp³-hybridized carbons (Fsp3) is 0.900. The molecule has 0 aromatic heterocycles. The first-order valence-corrected chi connectivity index (χ1v) is 6.11. The van der Waals surface area contributed by atoms with Crippen molar-refractivity contribution in [3.63, 3.8) is 0 Å². The van der Waals surface area contributed by atoms with Crippen molar-refractivity contribution in [3.8, 4) is 0 Å². The Hall–Kier alpha value is 0.150. The van der Waals surface area contributed by atoms with Crippen LogP contribution in [0.1, 0.15) is 38.5 Å². The summed E-state index contributed by atoms with van der Waals surface area (Å²) in [5.41, 5.74) is 0. The van der Waals surface area contributed by atoms with E-state index in [0.717, 1.165) is 17.8 Å². The third kappa shape index (κ3) is 4.24. The summed E-state index contributed by atoms with van der Waals surface area (Å²) in [4.78, 5) is 4.43. The quantitative estimate of drug-likeness (QED) is 0.400. The van der Waals surface area contributed by atoms with Crippen LogP contribution in [-0.4, -0.2) is 18.1 Å². The highest BCUT2D eigenvalue weighted by Crippen LogP contribution is 2.21. The molecule has 0 spiro atoms. The molecular formula is C10H18BrN. The maximum atomic E-state index is 4.43. The van der Waals surface area contributed by atoms with Crippen molar-refractivity contribution in [1.29, 1.82) is 0 Å². The molecular weight excluding hydrogens is 214 g/mol. The van der Waals surface area contributed by atoms with Crippen molar-refractivity contribution in [2.24, 2.45) is 10.9 Å². The highest BCUT2D eigenvalue weighted by atomic mass is 79.9. The first kappa shape index (κ1) is 10.2. The Bertz CT molecular complexity index is 128. The van der Waals surface area contributed by atoms with Crippen LogP contribution in [0.3, 0.4) is 0 Å². The lowest BCUT2D eigenvalue weighted by Crippen LogP contribution is -2.07. The fourth-order valence-electron chi connectivity index (χ4n) is 1.66. The van der Waals surface area contributed by atoms with Gasteiger partial charge in [-0.2, -0.15) is 0 Å². The molecule has 1 aliphatic carbocycles. The van der Waals surface area contributed by atoms with Crippen LogP contribution in [0.25, 0.3) is 0 Å². The van der Waals surface area contributed by atoms with Gasteiger partial charge in [0.25, 0.3) is 0 Å². The van der Waals surface area contributed by atoms with Crippen LogP contribution in [0, 0.1) is 5.92 Å². The smallest absolute Gasteiger partial charge is 0.0393 e. The van der Waals surface area contributed by atoms with Crippen molar-refractivity contribution in [2.45, 2.75) is 38.5 Å². The van der Waals surface area contributed by atoms with Crippen LogP contribution in [0.2, 0.25) is 0 Å². The van der Waals surface area contributed by atoms with E-state index in [0.29, 0.717) is 0 Å². The summed E-state index contributed by atoms with van der Waals surface area (Å²) in [7, 11) is 0. The van der Waals surface area contributed by atoms with Gasteiger partial charge in [0.05, 0.1) is 0 Å². The topological polar surface area (TPSA) is 12.4 Å². The van der Waals surface area contributed by atoms with Crippen molar-refractivity contribution >= 4 is 22.1 Å². The number of nitrogens with zero attached hydrogens (tertiary/aromatic N) is 1. The molecule has 0 heterocycles. The molecule has 70 valence electrons. The summed E-state index contributed by atoms with van der Waals surface area (Å²) in [6, 6.07) is 0. The van der Waals surface area contributed by atoms with Crippen LogP contribution in [0.4, 0.5) is 0 Å². The van der Waals surface area contributed by atoms with Crippen molar-refractivity contribution in [2.75, 3.05) is 11.9 Å². The van der Waals surface area contributed by atoms with Crippen LogP contribution in [0.15, 0.2) is 4.99 Å². The molecule has 0 radical (unpaired) electrons. The van der Waals surface area contributed by atoms with Gasteiger partial charge in [0.2, 0.25) is 0 Å². The minimum Gasteiger partial charge on any atom is -0.297 e. The Morgan fingerprint density at radius 3 is 2.67 bits per heavy atom. The van der Waals surface area contributed by atoms with Gasteiger partial charge in [-0.25, -0.2) is 0 Å². The highest BCUT2D eigenvalue weighted by Gasteiger charge is 2.09. The summed E-state index contributed by atoms with van der Waals surface area (Å²) in [6.45, 7) is 1.00. The van der Waals surface area contributed by atoms with Gasteiger partial charge in [0, 0.05) is 18.1 Å². The van der Waals surface area contributed by atoms with Gasteiger partial charge < -0.3 is 0 Å². The number of aliphatic imine (C=N–C) groups is 1.